The van der Waals surface area contributed by atoms with E-state index in [1.54, 1.807) is 43.8 Å². The van der Waals surface area contributed by atoms with E-state index in [9.17, 15) is 9.59 Å². The molecule has 1 heterocycles. The molecule has 0 unspecified atom stereocenters. The zero-order valence-electron chi connectivity index (χ0n) is 22.5. The third-order valence-corrected chi connectivity index (χ3v) is 7.97. The van der Waals surface area contributed by atoms with E-state index in [-0.39, 0.29) is 24.1 Å². The third-order valence-electron chi connectivity index (χ3n) is 7.97. The van der Waals surface area contributed by atoms with Crippen LogP contribution in [0.1, 0.15) is 63.1 Å². The Morgan fingerprint density at radius 1 is 0.800 bits per heavy atom. The summed E-state index contributed by atoms with van der Waals surface area (Å²) in [4.78, 5) is 32.8. The number of benzene rings is 3. The highest BCUT2D eigenvalue weighted by atomic mass is 16.5. The largest absolute Gasteiger partial charge is 0.493 e. The van der Waals surface area contributed by atoms with Crippen LogP contribution in [0.3, 0.4) is 0 Å². The molecule has 1 atom stereocenters. The number of aromatic nitrogens is 1. The average Bonchev–Trinajstić information content (AvgIpc) is 3.58. The fourth-order valence-corrected chi connectivity index (χ4v) is 5.85. The van der Waals surface area contributed by atoms with Crippen molar-refractivity contribution in [2.75, 3.05) is 7.11 Å². The minimum absolute atomic E-state index is 0.0943. The lowest BCUT2D eigenvalue weighted by molar-refractivity contribution is 0.0792. The molecule has 1 saturated carbocycles. The number of methoxy groups -OCH3 is 1. The Bertz CT molecular complexity index is 1530. The van der Waals surface area contributed by atoms with Gasteiger partial charge in [0.15, 0.2) is 23.1 Å². The first-order valence-electron chi connectivity index (χ1n) is 13.7. The Balaban J connectivity index is 1.40. The summed E-state index contributed by atoms with van der Waals surface area (Å²) in [7, 11) is 1.60. The molecular weight excluding hydrogens is 502 g/mol. The molecule has 2 aliphatic carbocycles. The molecule has 6 rings (SSSR count). The second kappa shape index (κ2) is 11.0. The Kier molecular flexibility index (Phi) is 7.08. The van der Waals surface area contributed by atoms with Crippen LogP contribution in [-0.4, -0.2) is 29.8 Å². The van der Waals surface area contributed by atoms with Crippen molar-refractivity contribution >= 4 is 11.6 Å². The summed E-state index contributed by atoms with van der Waals surface area (Å²) in [6.07, 6.45) is 7.86. The van der Waals surface area contributed by atoms with Gasteiger partial charge in [0.25, 0.3) is 0 Å². The van der Waals surface area contributed by atoms with Crippen molar-refractivity contribution in [3.05, 3.63) is 119 Å². The van der Waals surface area contributed by atoms with Crippen LogP contribution < -0.4 is 14.2 Å². The fraction of sp³-hybridized carbons (Fsp3) is 0.265. The number of carbonyl (C=O) groups is 2. The monoisotopic (exact) mass is 533 g/mol. The minimum atomic E-state index is -1.44. The van der Waals surface area contributed by atoms with E-state index < -0.39 is 5.41 Å². The maximum Gasteiger partial charge on any atom is 0.182 e. The van der Waals surface area contributed by atoms with Gasteiger partial charge >= 0.3 is 0 Å². The van der Waals surface area contributed by atoms with Crippen molar-refractivity contribution in [1.29, 1.82) is 0 Å². The molecule has 2 aliphatic rings. The standard InChI is InChI=1S/C34H31NO5/c1-38-30-14-11-25(19-31(30)40-26-9-5-6-10-26)34(21-23-15-17-35-18-16-23)32(36)28-13-12-27(20-29(28)33(34)37)39-22-24-7-3-2-4-8-24/h2-4,7-8,11-20,26H,5-6,9-10,21-22H2,1H3/t34-/m1/s1. The fourth-order valence-electron chi connectivity index (χ4n) is 5.85. The van der Waals surface area contributed by atoms with E-state index in [1.165, 1.54) is 0 Å². The molecule has 0 aliphatic heterocycles. The van der Waals surface area contributed by atoms with Gasteiger partial charge in [0.05, 0.1) is 13.2 Å². The first-order valence-corrected chi connectivity index (χ1v) is 13.7. The zero-order chi connectivity index (χ0) is 27.5. The normalized spacial score (nSPS) is 18.5. The zero-order valence-corrected chi connectivity index (χ0v) is 22.5. The lowest BCUT2D eigenvalue weighted by Gasteiger charge is -2.28. The van der Waals surface area contributed by atoms with Gasteiger partial charge in [-0.1, -0.05) is 36.4 Å². The first-order chi connectivity index (χ1) is 19.6. The summed E-state index contributed by atoms with van der Waals surface area (Å²) in [6.45, 7) is 0.365. The van der Waals surface area contributed by atoms with E-state index in [4.69, 9.17) is 14.2 Å². The highest BCUT2D eigenvalue weighted by molar-refractivity contribution is 6.33. The van der Waals surface area contributed by atoms with Crippen LogP contribution in [-0.2, 0) is 18.4 Å². The maximum atomic E-state index is 14.4. The molecule has 6 nitrogen and oxygen atoms in total. The van der Waals surface area contributed by atoms with Crippen molar-refractivity contribution in [2.24, 2.45) is 0 Å². The molecule has 1 fully saturated rings. The highest BCUT2D eigenvalue weighted by Crippen LogP contribution is 2.46. The average molecular weight is 534 g/mol. The summed E-state index contributed by atoms with van der Waals surface area (Å²) in [5.41, 5.74) is 1.79. The Labute approximate surface area is 233 Å². The lowest BCUT2D eigenvalue weighted by atomic mass is 9.71. The van der Waals surface area contributed by atoms with Crippen LogP contribution in [0.4, 0.5) is 0 Å². The Morgan fingerprint density at radius 2 is 1.55 bits per heavy atom. The van der Waals surface area contributed by atoms with E-state index in [0.717, 1.165) is 36.8 Å². The number of nitrogens with zero attached hydrogens (tertiary/aromatic N) is 1. The van der Waals surface area contributed by atoms with Crippen molar-refractivity contribution in [3.63, 3.8) is 0 Å². The van der Waals surface area contributed by atoms with E-state index in [1.807, 2.05) is 54.6 Å². The van der Waals surface area contributed by atoms with Gasteiger partial charge < -0.3 is 14.2 Å². The molecule has 0 saturated heterocycles. The van der Waals surface area contributed by atoms with Gasteiger partial charge in [-0.15, -0.1) is 0 Å². The molecule has 202 valence electrons. The maximum absolute atomic E-state index is 14.4. The predicted octanol–water partition coefficient (Wildman–Crippen LogP) is 6.55. The quantitative estimate of drug-likeness (QED) is 0.227. The summed E-state index contributed by atoms with van der Waals surface area (Å²) >= 11 is 0. The molecule has 6 heteroatoms. The van der Waals surface area contributed by atoms with Crippen LogP contribution in [0.25, 0.3) is 0 Å². The predicted molar refractivity (Wildman–Crippen MR) is 151 cm³/mol. The summed E-state index contributed by atoms with van der Waals surface area (Å²) in [6, 6.07) is 24.1. The van der Waals surface area contributed by atoms with Gasteiger partial charge in [-0.2, -0.15) is 0 Å². The molecule has 0 bridgehead atoms. The van der Waals surface area contributed by atoms with Crippen molar-refractivity contribution < 1.29 is 23.8 Å². The van der Waals surface area contributed by atoms with Crippen LogP contribution in [0, 0.1) is 0 Å². The van der Waals surface area contributed by atoms with Gasteiger partial charge in [-0.3, -0.25) is 14.6 Å². The summed E-state index contributed by atoms with van der Waals surface area (Å²) in [5, 5.41) is 0. The molecule has 40 heavy (non-hydrogen) atoms. The second-order valence-corrected chi connectivity index (χ2v) is 10.5. The smallest absolute Gasteiger partial charge is 0.182 e. The Morgan fingerprint density at radius 3 is 2.30 bits per heavy atom. The van der Waals surface area contributed by atoms with Crippen LogP contribution in [0.2, 0.25) is 0 Å². The first kappa shape index (κ1) is 25.8. The molecule has 3 aromatic carbocycles. The van der Waals surface area contributed by atoms with Crippen LogP contribution in [0.5, 0.6) is 17.2 Å². The number of carbonyl (C=O) groups excluding carboxylic acids is 2. The second-order valence-electron chi connectivity index (χ2n) is 10.5. The van der Waals surface area contributed by atoms with Gasteiger partial charge in [0.1, 0.15) is 17.8 Å². The molecule has 0 amide bonds. The van der Waals surface area contributed by atoms with Gasteiger partial charge in [-0.25, -0.2) is 0 Å². The number of ether oxygens (including phenoxy) is 3. The lowest BCUT2D eigenvalue weighted by Crippen LogP contribution is -2.40. The van der Waals surface area contributed by atoms with Gasteiger partial charge in [-0.05, 0) is 91.3 Å². The number of rotatable bonds is 9. The Hall–Kier alpha value is -4.45. The third kappa shape index (κ3) is 4.75. The van der Waals surface area contributed by atoms with E-state index in [0.29, 0.717) is 40.5 Å². The minimum Gasteiger partial charge on any atom is -0.493 e. The molecular formula is C34H31NO5. The SMILES string of the molecule is COc1ccc([C@]2(Cc3ccncc3)C(=O)c3ccc(OCc4ccccc4)cc3C2=O)cc1OC1CCCC1. The molecule has 0 spiro atoms. The van der Waals surface area contributed by atoms with Crippen molar-refractivity contribution in [1.82, 2.24) is 4.98 Å². The molecule has 1 aromatic heterocycles. The van der Waals surface area contributed by atoms with Crippen LogP contribution in [0.15, 0.2) is 91.3 Å². The summed E-state index contributed by atoms with van der Waals surface area (Å²) < 4.78 is 18.0. The number of fused-ring (bicyclic) bond motifs is 1. The number of ketones is 2. The van der Waals surface area contributed by atoms with E-state index >= 15 is 0 Å². The highest BCUT2D eigenvalue weighted by Gasteiger charge is 2.54. The number of pyridine rings is 1. The topological polar surface area (TPSA) is 74.7 Å². The summed E-state index contributed by atoms with van der Waals surface area (Å²) in [5.74, 6) is 1.22. The van der Waals surface area contributed by atoms with E-state index in [2.05, 4.69) is 4.98 Å². The van der Waals surface area contributed by atoms with Crippen molar-refractivity contribution in [3.8, 4) is 17.2 Å². The van der Waals surface area contributed by atoms with Gasteiger partial charge in [0, 0.05) is 23.5 Å². The molecule has 0 N–H and O–H groups in total. The van der Waals surface area contributed by atoms with Crippen molar-refractivity contribution in [2.45, 2.75) is 50.2 Å². The number of Topliss-reactive ketones (excluding diaryl/α,β-unsaturated/α-hetero) is 2. The number of hydrogen-bond donors (Lipinski definition) is 0. The van der Waals surface area contributed by atoms with Gasteiger partial charge in [0.2, 0.25) is 0 Å². The molecule has 0 radical (unpaired) electrons. The van der Waals surface area contributed by atoms with Crippen LogP contribution >= 0.6 is 0 Å². The molecule has 4 aromatic rings. The number of hydrogen-bond acceptors (Lipinski definition) is 6.